The summed E-state index contributed by atoms with van der Waals surface area (Å²) in [6, 6.07) is 5.74. The summed E-state index contributed by atoms with van der Waals surface area (Å²) < 4.78 is 42.0. The van der Waals surface area contributed by atoms with Gasteiger partial charge in [0.05, 0.1) is 10.6 Å². The fraction of sp³-hybridized carbons (Fsp3) is 0.133. The molecule has 1 aromatic carbocycles. The second kappa shape index (κ2) is 6.55. The molecule has 0 fully saturated rings. The molecule has 24 heavy (non-hydrogen) atoms. The SMILES string of the molecule is Cc1csc(-c2cc(S(=O)(=O)Nc3ccc(Br)cc3F)c(C)s2)n1. The highest BCUT2D eigenvalue weighted by Crippen LogP contribution is 2.36. The van der Waals surface area contributed by atoms with Gasteiger partial charge in [-0.3, -0.25) is 4.72 Å². The van der Waals surface area contributed by atoms with Crippen LogP contribution >= 0.6 is 38.6 Å². The van der Waals surface area contributed by atoms with Gasteiger partial charge in [-0.1, -0.05) is 15.9 Å². The van der Waals surface area contributed by atoms with E-state index in [-0.39, 0.29) is 10.6 Å². The number of anilines is 1. The zero-order valence-electron chi connectivity index (χ0n) is 12.6. The Labute approximate surface area is 155 Å². The predicted molar refractivity (Wildman–Crippen MR) is 99.8 cm³/mol. The number of nitrogens with zero attached hydrogens (tertiary/aromatic N) is 1. The molecule has 1 N–H and O–H groups in total. The minimum atomic E-state index is -3.88. The smallest absolute Gasteiger partial charge is 0.263 e. The molecule has 0 saturated heterocycles. The second-order valence-electron chi connectivity index (χ2n) is 5.05. The normalized spacial score (nSPS) is 11.7. The molecule has 0 aliphatic heterocycles. The third kappa shape index (κ3) is 3.53. The molecule has 0 spiro atoms. The summed E-state index contributed by atoms with van der Waals surface area (Å²) in [4.78, 5) is 5.92. The van der Waals surface area contributed by atoms with Crippen molar-refractivity contribution in [3.63, 3.8) is 0 Å². The van der Waals surface area contributed by atoms with Crippen molar-refractivity contribution in [2.45, 2.75) is 18.7 Å². The number of aryl methyl sites for hydroxylation is 2. The molecule has 4 nitrogen and oxygen atoms in total. The van der Waals surface area contributed by atoms with Gasteiger partial charge >= 0.3 is 0 Å². The van der Waals surface area contributed by atoms with Crippen LogP contribution < -0.4 is 4.72 Å². The Morgan fingerprint density at radius 1 is 1.25 bits per heavy atom. The van der Waals surface area contributed by atoms with E-state index in [1.54, 1.807) is 19.1 Å². The molecule has 2 aromatic heterocycles. The summed E-state index contributed by atoms with van der Waals surface area (Å²) in [5, 5.41) is 2.69. The first kappa shape index (κ1) is 17.5. The van der Waals surface area contributed by atoms with Crippen LogP contribution in [0.2, 0.25) is 0 Å². The Morgan fingerprint density at radius 3 is 2.62 bits per heavy atom. The molecule has 0 atom stereocenters. The van der Waals surface area contributed by atoms with Gasteiger partial charge in [0, 0.05) is 20.4 Å². The number of halogens is 2. The Bertz CT molecular complexity index is 1010. The lowest BCUT2D eigenvalue weighted by atomic mass is 10.3. The number of rotatable bonds is 4. The maximum Gasteiger partial charge on any atom is 0.263 e. The lowest BCUT2D eigenvalue weighted by Crippen LogP contribution is -2.14. The number of benzene rings is 1. The number of sulfonamides is 1. The van der Waals surface area contributed by atoms with Crippen LogP contribution in [-0.2, 0) is 10.0 Å². The number of thiophene rings is 1. The predicted octanol–water partition coefficient (Wildman–Crippen LogP) is 5.19. The monoisotopic (exact) mass is 446 g/mol. The Balaban J connectivity index is 1.96. The fourth-order valence-electron chi connectivity index (χ4n) is 2.08. The summed E-state index contributed by atoms with van der Waals surface area (Å²) in [5.74, 6) is -0.642. The first-order valence-corrected chi connectivity index (χ1v) is 10.7. The molecular weight excluding hydrogens is 435 g/mol. The molecular formula is C15H12BrFN2O2S3. The van der Waals surface area contributed by atoms with Crippen molar-refractivity contribution in [1.29, 1.82) is 0 Å². The summed E-state index contributed by atoms with van der Waals surface area (Å²) >= 11 is 5.96. The van der Waals surface area contributed by atoms with E-state index in [4.69, 9.17) is 0 Å². The maximum absolute atomic E-state index is 13.9. The maximum atomic E-state index is 13.9. The van der Waals surface area contributed by atoms with E-state index in [0.29, 0.717) is 9.35 Å². The number of nitrogens with one attached hydrogen (secondary N) is 1. The van der Waals surface area contributed by atoms with Gasteiger partial charge in [-0.25, -0.2) is 17.8 Å². The van der Waals surface area contributed by atoms with Crippen LogP contribution in [0.5, 0.6) is 0 Å². The van der Waals surface area contributed by atoms with E-state index in [1.165, 1.54) is 34.8 Å². The number of hydrogen-bond acceptors (Lipinski definition) is 5. The van der Waals surface area contributed by atoms with Crippen LogP contribution in [-0.4, -0.2) is 13.4 Å². The van der Waals surface area contributed by atoms with Gasteiger partial charge in [0.1, 0.15) is 15.7 Å². The Hall–Kier alpha value is -1.29. The molecule has 2 heterocycles. The van der Waals surface area contributed by atoms with Crippen LogP contribution in [0.3, 0.4) is 0 Å². The summed E-state index contributed by atoms with van der Waals surface area (Å²) in [7, 11) is -3.88. The standard InChI is InChI=1S/C15H12BrFN2O2S3/c1-8-7-22-15(18-8)13-6-14(9(2)23-13)24(20,21)19-12-4-3-10(16)5-11(12)17/h3-7,19H,1-2H3. The van der Waals surface area contributed by atoms with Crippen molar-refractivity contribution < 1.29 is 12.8 Å². The third-order valence-electron chi connectivity index (χ3n) is 3.17. The van der Waals surface area contributed by atoms with E-state index < -0.39 is 15.8 Å². The number of aromatic nitrogens is 1. The number of hydrogen-bond donors (Lipinski definition) is 1. The average molecular weight is 447 g/mol. The van der Waals surface area contributed by atoms with Gasteiger partial charge in [0.25, 0.3) is 10.0 Å². The molecule has 0 aliphatic rings. The second-order valence-corrected chi connectivity index (χ2v) is 9.74. The van der Waals surface area contributed by atoms with Crippen LogP contribution in [0, 0.1) is 19.7 Å². The first-order chi connectivity index (χ1) is 11.3. The highest BCUT2D eigenvalue weighted by molar-refractivity contribution is 9.10. The van der Waals surface area contributed by atoms with Gasteiger partial charge in [-0.05, 0) is 38.1 Å². The zero-order chi connectivity index (χ0) is 17.5. The van der Waals surface area contributed by atoms with Crippen LogP contribution in [0.4, 0.5) is 10.1 Å². The summed E-state index contributed by atoms with van der Waals surface area (Å²) in [6.07, 6.45) is 0. The molecule has 3 aromatic rings. The Morgan fingerprint density at radius 2 is 2.00 bits per heavy atom. The molecule has 0 aliphatic carbocycles. The molecule has 0 amide bonds. The molecule has 0 saturated carbocycles. The minimum Gasteiger partial charge on any atom is -0.277 e. The zero-order valence-corrected chi connectivity index (χ0v) is 16.7. The first-order valence-electron chi connectivity index (χ1n) is 6.77. The van der Waals surface area contributed by atoms with Crippen LogP contribution in [0.15, 0.2) is 39.0 Å². The van der Waals surface area contributed by atoms with Crippen LogP contribution in [0.25, 0.3) is 9.88 Å². The minimum absolute atomic E-state index is 0.0876. The third-order valence-corrected chi connectivity index (χ3v) is 7.46. The largest absolute Gasteiger partial charge is 0.277 e. The van der Waals surface area contributed by atoms with E-state index in [0.717, 1.165) is 15.6 Å². The molecule has 3 rings (SSSR count). The van der Waals surface area contributed by atoms with Gasteiger partial charge in [0.15, 0.2) is 0 Å². The summed E-state index contributed by atoms with van der Waals surface area (Å²) in [6.45, 7) is 3.61. The lowest BCUT2D eigenvalue weighted by molar-refractivity contribution is 0.598. The summed E-state index contributed by atoms with van der Waals surface area (Å²) in [5.41, 5.74) is 0.802. The van der Waals surface area contributed by atoms with Crippen LogP contribution in [0.1, 0.15) is 10.6 Å². The van der Waals surface area contributed by atoms with E-state index in [2.05, 4.69) is 25.6 Å². The Kier molecular flexibility index (Phi) is 4.78. The van der Waals surface area contributed by atoms with Crippen molar-refractivity contribution in [1.82, 2.24) is 4.98 Å². The molecule has 0 unspecified atom stereocenters. The molecule has 0 radical (unpaired) electrons. The molecule has 126 valence electrons. The van der Waals surface area contributed by atoms with Gasteiger partial charge in [-0.15, -0.1) is 22.7 Å². The number of thiazole rings is 1. The van der Waals surface area contributed by atoms with Gasteiger partial charge in [-0.2, -0.15) is 0 Å². The van der Waals surface area contributed by atoms with Gasteiger partial charge < -0.3 is 0 Å². The topological polar surface area (TPSA) is 59.1 Å². The van der Waals surface area contributed by atoms with Crippen molar-refractivity contribution in [3.05, 3.63) is 50.5 Å². The average Bonchev–Trinajstić information content (AvgIpc) is 3.08. The van der Waals surface area contributed by atoms with E-state index >= 15 is 0 Å². The quantitative estimate of drug-likeness (QED) is 0.599. The van der Waals surface area contributed by atoms with Crippen molar-refractivity contribution in [3.8, 4) is 9.88 Å². The van der Waals surface area contributed by atoms with E-state index in [9.17, 15) is 12.8 Å². The fourth-order valence-corrected chi connectivity index (χ4v) is 5.93. The van der Waals surface area contributed by atoms with Crippen molar-refractivity contribution in [2.24, 2.45) is 0 Å². The molecule has 0 bridgehead atoms. The van der Waals surface area contributed by atoms with E-state index in [1.807, 2.05) is 12.3 Å². The van der Waals surface area contributed by atoms with Crippen molar-refractivity contribution >= 4 is 54.3 Å². The highest BCUT2D eigenvalue weighted by atomic mass is 79.9. The highest BCUT2D eigenvalue weighted by Gasteiger charge is 2.22. The van der Waals surface area contributed by atoms with Gasteiger partial charge in [0.2, 0.25) is 0 Å². The lowest BCUT2D eigenvalue weighted by Gasteiger charge is -2.08. The van der Waals surface area contributed by atoms with Crippen molar-refractivity contribution in [2.75, 3.05) is 4.72 Å². The molecule has 9 heteroatoms.